The van der Waals surface area contributed by atoms with E-state index in [1.807, 2.05) is 6.92 Å². The zero-order valence-electron chi connectivity index (χ0n) is 10.7. The molecule has 2 fully saturated rings. The lowest BCUT2D eigenvalue weighted by Gasteiger charge is -2.24. The molecule has 0 aliphatic heterocycles. The first-order valence-corrected chi connectivity index (χ1v) is 8.39. The van der Waals surface area contributed by atoms with Crippen LogP contribution < -0.4 is 10.0 Å². The van der Waals surface area contributed by atoms with E-state index in [9.17, 15) is 8.42 Å². The molecule has 0 atom stereocenters. The first kappa shape index (κ1) is 13.3. The van der Waals surface area contributed by atoms with Crippen LogP contribution in [0, 0.1) is 0 Å². The van der Waals surface area contributed by atoms with Gasteiger partial charge in [0.1, 0.15) is 0 Å². The Labute approximate surface area is 105 Å². The van der Waals surface area contributed by atoms with Crippen molar-refractivity contribution in [3.63, 3.8) is 0 Å². The molecule has 0 bridgehead atoms. The van der Waals surface area contributed by atoms with Crippen LogP contribution in [0.2, 0.25) is 0 Å². The molecule has 0 spiro atoms. The van der Waals surface area contributed by atoms with Crippen molar-refractivity contribution in [1.29, 1.82) is 0 Å². The Morgan fingerprint density at radius 3 is 2.47 bits per heavy atom. The Bertz CT molecular complexity index is 344. The minimum atomic E-state index is -3.09. The van der Waals surface area contributed by atoms with Crippen molar-refractivity contribution < 1.29 is 8.42 Å². The summed E-state index contributed by atoms with van der Waals surface area (Å²) >= 11 is 0. The third-order valence-electron chi connectivity index (χ3n) is 3.71. The molecule has 5 heteroatoms. The van der Waals surface area contributed by atoms with Crippen LogP contribution >= 0.6 is 0 Å². The van der Waals surface area contributed by atoms with Gasteiger partial charge in [-0.05, 0) is 45.6 Å². The first-order valence-electron chi connectivity index (χ1n) is 6.74. The van der Waals surface area contributed by atoms with Crippen molar-refractivity contribution >= 4 is 10.0 Å². The normalized spacial score (nSPS) is 24.1. The van der Waals surface area contributed by atoms with Crippen molar-refractivity contribution in [3.05, 3.63) is 0 Å². The Morgan fingerprint density at radius 1 is 1.24 bits per heavy atom. The van der Waals surface area contributed by atoms with Gasteiger partial charge in [-0.1, -0.05) is 12.8 Å². The standard InChI is InChI=1S/C12H24N2O2S/c1-12(7-2-3-8-12)14-17(15,16)10-4-9-13-11-5-6-11/h11,13-14H,2-10H2,1H3. The van der Waals surface area contributed by atoms with Crippen molar-refractivity contribution in [3.8, 4) is 0 Å². The molecule has 2 rings (SSSR count). The summed E-state index contributed by atoms with van der Waals surface area (Å²) in [5.41, 5.74) is -0.178. The largest absolute Gasteiger partial charge is 0.314 e. The fourth-order valence-corrected chi connectivity index (χ4v) is 4.12. The van der Waals surface area contributed by atoms with Gasteiger partial charge in [-0.15, -0.1) is 0 Å². The van der Waals surface area contributed by atoms with E-state index in [4.69, 9.17) is 0 Å². The van der Waals surface area contributed by atoms with Crippen LogP contribution in [0.5, 0.6) is 0 Å². The maximum Gasteiger partial charge on any atom is 0.212 e. The van der Waals surface area contributed by atoms with Crippen molar-refractivity contribution in [2.45, 2.75) is 63.5 Å². The number of rotatable bonds is 7. The first-order chi connectivity index (χ1) is 7.99. The predicted molar refractivity (Wildman–Crippen MR) is 69.4 cm³/mol. The average molecular weight is 260 g/mol. The van der Waals surface area contributed by atoms with E-state index < -0.39 is 10.0 Å². The highest BCUT2D eigenvalue weighted by molar-refractivity contribution is 7.89. The third-order valence-corrected chi connectivity index (χ3v) is 5.34. The molecule has 2 aliphatic carbocycles. The lowest BCUT2D eigenvalue weighted by atomic mass is 10.0. The predicted octanol–water partition coefficient (Wildman–Crippen LogP) is 1.38. The van der Waals surface area contributed by atoms with Gasteiger partial charge < -0.3 is 5.32 Å². The van der Waals surface area contributed by atoms with Crippen LogP contribution in [-0.2, 0) is 10.0 Å². The van der Waals surface area contributed by atoms with Gasteiger partial charge in [0.25, 0.3) is 0 Å². The highest BCUT2D eigenvalue weighted by atomic mass is 32.2. The molecule has 0 radical (unpaired) electrons. The van der Waals surface area contributed by atoms with Crippen LogP contribution in [-0.4, -0.2) is 32.3 Å². The van der Waals surface area contributed by atoms with Crippen LogP contribution in [0.25, 0.3) is 0 Å². The molecule has 2 saturated carbocycles. The number of hydrogen-bond acceptors (Lipinski definition) is 3. The highest BCUT2D eigenvalue weighted by Crippen LogP contribution is 2.29. The summed E-state index contributed by atoms with van der Waals surface area (Å²) in [5, 5.41) is 3.34. The number of sulfonamides is 1. The molecular formula is C12H24N2O2S. The second-order valence-electron chi connectivity index (χ2n) is 5.77. The van der Waals surface area contributed by atoms with Crippen LogP contribution in [0.1, 0.15) is 51.9 Å². The van der Waals surface area contributed by atoms with Gasteiger partial charge in [0.15, 0.2) is 0 Å². The molecule has 0 aromatic carbocycles. The zero-order chi connectivity index (χ0) is 12.4. The molecular weight excluding hydrogens is 236 g/mol. The molecule has 2 N–H and O–H groups in total. The second-order valence-corrected chi connectivity index (χ2v) is 7.61. The number of nitrogens with one attached hydrogen (secondary N) is 2. The van der Waals surface area contributed by atoms with E-state index in [2.05, 4.69) is 10.0 Å². The summed E-state index contributed by atoms with van der Waals surface area (Å²) in [6, 6.07) is 0.665. The summed E-state index contributed by atoms with van der Waals surface area (Å²) in [5.74, 6) is 0.252. The van der Waals surface area contributed by atoms with E-state index in [0.29, 0.717) is 12.5 Å². The lowest BCUT2D eigenvalue weighted by molar-refractivity contribution is 0.427. The second kappa shape index (κ2) is 5.24. The Balaban J connectivity index is 1.69. The molecule has 17 heavy (non-hydrogen) atoms. The molecule has 0 amide bonds. The zero-order valence-corrected chi connectivity index (χ0v) is 11.5. The van der Waals surface area contributed by atoms with Crippen molar-refractivity contribution in [2.24, 2.45) is 0 Å². The highest BCUT2D eigenvalue weighted by Gasteiger charge is 2.32. The lowest BCUT2D eigenvalue weighted by Crippen LogP contribution is -2.44. The molecule has 0 aromatic heterocycles. The third kappa shape index (κ3) is 4.56. The summed E-state index contributed by atoms with van der Waals surface area (Å²) in [4.78, 5) is 0. The van der Waals surface area contributed by atoms with Gasteiger partial charge in [-0.3, -0.25) is 0 Å². The summed E-state index contributed by atoms with van der Waals surface area (Å²) in [6.45, 7) is 2.85. The van der Waals surface area contributed by atoms with Gasteiger partial charge >= 0.3 is 0 Å². The SMILES string of the molecule is CC1(NS(=O)(=O)CCCNC2CC2)CCCC1. The molecule has 0 heterocycles. The van der Waals surface area contributed by atoms with E-state index in [1.165, 1.54) is 12.8 Å². The van der Waals surface area contributed by atoms with Crippen molar-refractivity contribution in [2.75, 3.05) is 12.3 Å². The smallest absolute Gasteiger partial charge is 0.212 e. The molecule has 2 aliphatic rings. The topological polar surface area (TPSA) is 58.2 Å². The van der Waals surface area contributed by atoms with E-state index in [0.717, 1.165) is 32.2 Å². The molecule has 0 aromatic rings. The monoisotopic (exact) mass is 260 g/mol. The van der Waals surface area contributed by atoms with Gasteiger partial charge in [0.2, 0.25) is 10.0 Å². The van der Waals surface area contributed by atoms with E-state index in [-0.39, 0.29) is 11.3 Å². The summed E-state index contributed by atoms with van der Waals surface area (Å²) < 4.78 is 26.7. The van der Waals surface area contributed by atoms with Crippen LogP contribution in [0.15, 0.2) is 0 Å². The fraction of sp³-hybridized carbons (Fsp3) is 1.00. The molecule has 0 unspecified atom stereocenters. The quantitative estimate of drug-likeness (QED) is 0.680. The van der Waals surface area contributed by atoms with Crippen LogP contribution in [0.4, 0.5) is 0 Å². The minimum absolute atomic E-state index is 0.178. The maximum absolute atomic E-state index is 11.9. The van der Waals surface area contributed by atoms with E-state index in [1.54, 1.807) is 0 Å². The molecule has 4 nitrogen and oxygen atoms in total. The van der Waals surface area contributed by atoms with Crippen LogP contribution in [0.3, 0.4) is 0 Å². The summed E-state index contributed by atoms with van der Waals surface area (Å²) in [7, 11) is -3.09. The maximum atomic E-state index is 11.9. The van der Waals surface area contributed by atoms with Gasteiger partial charge in [-0.2, -0.15) is 0 Å². The Kier molecular flexibility index (Phi) is 4.10. The Hall–Kier alpha value is -0.130. The van der Waals surface area contributed by atoms with Gasteiger partial charge in [0.05, 0.1) is 5.75 Å². The number of hydrogen-bond donors (Lipinski definition) is 2. The minimum Gasteiger partial charge on any atom is -0.314 e. The van der Waals surface area contributed by atoms with Gasteiger partial charge in [0, 0.05) is 11.6 Å². The molecule has 100 valence electrons. The van der Waals surface area contributed by atoms with Crippen molar-refractivity contribution in [1.82, 2.24) is 10.0 Å². The Morgan fingerprint density at radius 2 is 1.88 bits per heavy atom. The van der Waals surface area contributed by atoms with Gasteiger partial charge in [-0.25, -0.2) is 13.1 Å². The average Bonchev–Trinajstić information content (AvgIpc) is 2.96. The summed E-state index contributed by atoms with van der Waals surface area (Å²) in [6.07, 6.45) is 7.46. The fourth-order valence-electron chi connectivity index (χ4n) is 2.54. The van der Waals surface area contributed by atoms with E-state index >= 15 is 0 Å². The molecule has 0 saturated heterocycles.